The van der Waals surface area contributed by atoms with Gasteiger partial charge in [0.15, 0.2) is 0 Å². The van der Waals surface area contributed by atoms with Crippen LogP contribution in [0.4, 0.5) is 4.39 Å². The number of para-hydroxylation sites is 1. The van der Waals surface area contributed by atoms with E-state index in [1.165, 1.54) is 25.3 Å². The van der Waals surface area contributed by atoms with Gasteiger partial charge in [0.1, 0.15) is 29.5 Å². The fourth-order valence-corrected chi connectivity index (χ4v) is 4.20. The first kappa shape index (κ1) is 23.5. The van der Waals surface area contributed by atoms with E-state index in [4.69, 9.17) is 14.2 Å². The second-order valence-corrected chi connectivity index (χ2v) is 8.06. The van der Waals surface area contributed by atoms with Crippen molar-refractivity contribution < 1.29 is 23.4 Å². The Labute approximate surface area is 197 Å². The normalized spacial score (nSPS) is 13.6. The molecule has 0 radical (unpaired) electrons. The lowest BCUT2D eigenvalue weighted by molar-refractivity contribution is 0.0592. The van der Waals surface area contributed by atoms with Gasteiger partial charge >= 0.3 is 5.97 Å². The minimum absolute atomic E-state index is 0.0904. The first-order valence-electron chi connectivity index (χ1n) is 11.1. The summed E-state index contributed by atoms with van der Waals surface area (Å²) >= 11 is 0. The van der Waals surface area contributed by atoms with Crippen molar-refractivity contribution in [1.29, 1.82) is 0 Å². The van der Waals surface area contributed by atoms with Gasteiger partial charge in [0.25, 0.3) is 5.56 Å². The largest absolute Gasteiger partial charge is 0.496 e. The average Bonchev–Trinajstić information content (AvgIpc) is 3.07. The molecule has 34 heavy (non-hydrogen) atoms. The van der Waals surface area contributed by atoms with Crippen LogP contribution in [0.1, 0.15) is 27.2 Å². The van der Waals surface area contributed by atoms with Gasteiger partial charge in [0.05, 0.1) is 14.2 Å². The number of halogens is 1. The summed E-state index contributed by atoms with van der Waals surface area (Å²) < 4.78 is 31.2. The number of pyridine rings is 1. The molecule has 1 aromatic heterocycles. The number of rotatable bonds is 7. The van der Waals surface area contributed by atoms with E-state index in [0.29, 0.717) is 38.3 Å². The molecule has 0 N–H and O–H groups in total. The Kier molecular flexibility index (Phi) is 7.27. The molecular weight excluding hydrogens is 439 g/mol. The smallest absolute Gasteiger partial charge is 0.343 e. The first-order valence-corrected chi connectivity index (χ1v) is 11.1. The Morgan fingerprint density at radius 1 is 1.00 bits per heavy atom. The fourth-order valence-electron chi connectivity index (χ4n) is 4.20. The number of esters is 1. The van der Waals surface area contributed by atoms with Crippen LogP contribution in [-0.4, -0.2) is 42.7 Å². The van der Waals surface area contributed by atoms with E-state index in [9.17, 15) is 14.0 Å². The predicted octanol–water partition coefficient (Wildman–Crippen LogP) is 3.42. The highest BCUT2D eigenvalue weighted by Crippen LogP contribution is 2.26. The molecule has 0 unspecified atom stereocenters. The third kappa shape index (κ3) is 5.12. The molecule has 3 aromatic rings. The van der Waals surface area contributed by atoms with Crippen molar-refractivity contribution in [3.8, 4) is 11.5 Å². The second kappa shape index (κ2) is 10.5. The van der Waals surface area contributed by atoms with E-state index >= 15 is 0 Å². The van der Waals surface area contributed by atoms with Crippen LogP contribution in [-0.2, 0) is 30.9 Å². The van der Waals surface area contributed by atoms with Crippen molar-refractivity contribution in [1.82, 2.24) is 9.47 Å². The number of hydrogen-bond donors (Lipinski definition) is 0. The van der Waals surface area contributed by atoms with E-state index in [-0.39, 0.29) is 29.3 Å². The maximum absolute atomic E-state index is 13.2. The SMILES string of the molecule is COC(=O)c1c(OCc2ccc(F)cc2)cc(=O)n2c1CCN(Cc1ccccc1OC)CC2. The zero-order chi connectivity index (χ0) is 24.1. The van der Waals surface area contributed by atoms with Crippen LogP contribution >= 0.6 is 0 Å². The molecule has 0 fully saturated rings. The minimum atomic E-state index is -0.559. The number of fused-ring (bicyclic) bond motifs is 1. The van der Waals surface area contributed by atoms with Crippen molar-refractivity contribution >= 4 is 5.97 Å². The monoisotopic (exact) mass is 466 g/mol. The van der Waals surface area contributed by atoms with Crippen LogP contribution in [0.25, 0.3) is 0 Å². The minimum Gasteiger partial charge on any atom is -0.496 e. The van der Waals surface area contributed by atoms with Gasteiger partial charge in [-0.25, -0.2) is 9.18 Å². The van der Waals surface area contributed by atoms with Crippen LogP contribution in [0.2, 0.25) is 0 Å². The number of aromatic nitrogens is 1. The van der Waals surface area contributed by atoms with Crippen LogP contribution in [0.15, 0.2) is 59.4 Å². The summed E-state index contributed by atoms with van der Waals surface area (Å²) in [6, 6.07) is 15.0. The number of carbonyl (C=O) groups excluding carboxylic acids is 1. The molecule has 0 amide bonds. The topological polar surface area (TPSA) is 70.0 Å². The number of carbonyl (C=O) groups is 1. The zero-order valence-electron chi connectivity index (χ0n) is 19.3. The molecular formula is C26H27FN2O5. The van der Waals surface area contributed by atoms with Gasteiger partial charge in [-0.1, -0.05) is 30.3 Å². The fraction of sp³-hybridized carbons (Fsp3) is 0.308. The summed E-state index contributed by atoms with van der Waals surface area (Å²) in [6.45, 7) is 2.47. The highest BCUT2D eigenvalue weighted by molar-refractivity contribution is 5.93. The Morgan fingerprint density at radius 2 is 1.76 bits per heavy atom. The molecule has 178 valence electrons. The summed E-state index contributed by atoms with van der Waals surface area (Å²) in [4.78, 5) is 27.9. The number of benzene rings is 2. The lowest BCUT2D eigenvalue weighted by atomic mass is 10.1. The van der Waals surface area contributed by atoms with Crippen molar-refractivity contribution in [3.05, 3.63) is 93.2 Å². The van der Waals surface area contributed by atoms with Crippen molar-refractivity contribution in [2.45, 2.75) is 26.1 Å². The second-order valence-electron chi connectivity index (χ2n) is 8.06. The Bertz CT molecular complexity index is 1220. The molecule has 4 rings (SSSR count). The standard InChI is InChI=1S/C26H27FN2O5/c1-32-22-6-4-3-5-19(22)16-28-12-11-21-25(26(31)33-2)23(15-24(30)29(21)14-13-28)34-17-18-7-9-20(27)10-8-18/h3-10,15H,11-14,16-17H2,1-2H3. The van der Waals surface area contributed by atoms with Gasteiger partial charge in [0, 0.05) is 49.9 Å². The van der Waals surface area contributed by atoms with Gasteiger partial charge in [-0.15, -0.1) is 0 Å². The summed E-state index contributed by atoms with van der Waals surface area (Å²) in [6.07, 6.45) is 0.475. The van der Waals surface area contributed by atoms with E-state index in [2.05, 4.69) is 4.90 Å². The Balaban J connectivity index is 1.60. The van der Waals surface area contributed by atoms with Gasteiger partial charge in [-0.3, -0.25) is 9.69 Å². The third-order valence-corrected chi connectivity index (χ3v) is 5.97. The molecule has 0 saturated heterocycles. The predicted molar refractivity (Wildman–Crippen MR) is 125 cm³/mol. The summed E-state index contributed by atoms with van der Waals surface area (Å²) in [5, 5.41) is 0. The van der Waals surface area contributed by atoms with Crippen molar-refractivity contribution in [3.63, 3.8) is 0 Å². The average molecular weight is 467 g/mol. The van der Waals surface area contributed by atoms with E-state index in [0.717, 1.165) is 16.9 Å². The van der Waals surface area contributed by atoms with Gasteiger partial charge in [0.2, 0.25) is 0 Å². The number of ether oxygens (including phenoxy) is 3. The molecule has 8 heteroatoms. The van der Waals surface area contributed by atoms with Gasteiger partial charge < -0.3 is 18.8 Å². The molecule has 0 atom stereocenters. The van der Waals surface area contributed by atoms with Crippen LogP contribution in [0.3, 0.4) is 0 Å². The van der Waals surface area contributed by atoms with E-state index in [1.54, 1.807) is 23.8 Å². The summed E-state index contributed by atoms with van der Waals surface area (Å²) in [5.74, 6) is 0.0785. The first-order chi connectivity index (χ1) is 16.5. The Hall–Kier alpha value is -3.65. The highest BCUT2D eigenvalue weighted by Gasteiger charge is 2.26. The lowest BCUT2D eigenvalue weighted by Crippen LogP contribution is -2.29. The number of hydrogen-bond acceptors (Lipinski definition) is 6. The number of nitrogens with zero attached hydrogens (tertiary/aromatic N) is 2. The number of methoxy groups -OCH3 is 2. The molecule has 1 aliphatic heterocycles. The molecule has 0 saturated carbocycles. The van der Waals surface area contributed by atoms with Crippen molar-refractivity contribution in [2.75, 3.05) is 27.3 Å². The lowest BCUT2D eigenvalue weighted by Gasteiger charge is -2.20. The highest BCUT2D eigenvalue weighted by atomic mass is 19.1. The molecule has 0 aliphatic carbocycles. The van der Waals surface area contributed by atoms with E-state index < -0.39 is 5.97 Å². The quantitative estimate of drug-likeness (QED) is 0.497. The van der Waals surface area contributed by atoms with Crippen molar-refractivity contribution in [2.24, 2.45) is 0 Å². The third-order valence-electron chi connectivity index (χ3n) is 5.97. The molecule has 0 spiro atoms. The molecule has 2 heterocycles. The molecule has 0 bridgehead atoms. The molecule has 7 nitrogen and oxygen atoms in total. The van der Waals surface area contributed by atoms with Gasteiger partial charge in [-0.05, 0) is 23.8 Å². The van der Waals surface area contributed by atoms with E-state index in [1.807, 2.05) is 24.3 Å². The maximum atomic E-state index is 13.2. The van der Waals surface area contributed by atoms with Crippen LogP contribution in [0, 0.1) is 5.82 Å². The zero-order valence-corrected chi connectivity index (χ0v) is 19.3. The summed E-state index contributed by atoms with van der Waals surface area (Å²) in [7, 11) is 2.95. The molecule has 2 aromatic carbocycles. The van der Waals surface area contributed by atoms with Crippen LogP contribution < -0.4 is 15.0 Å². The van der Waals surface area contributed by atoms with Crippen LogP contribution in [0.5, 0.6) is 11.5 Å². The molecule has 1 aliphatic rings. The van der Waals surface area contributed by atoms with Gasteiger partial charge in [-0.2, -0.15) is 0 Å². The Morgan fingerprint density at radius 3 is 2.50 bits per heavy atom. The summed E-state index contributed by atoms with van der Waals surface area (Å²) in [5.41, 5.74) is 2.38. The maximum Gasteiger partial charge on any atom is 0.343 e.